The van der Waals surface area contributed by atoms with Crippen molar-refractivity contribution in [2.24, 2.45) is 0 Å². The largest absolute Gasteiger partial charge is 0.508 e. The van der Waals surface area contributed by atoms with Crippen molar-refractivity contribution in [2.45, 2.75) is 0 Å². The number of aromatic hydroxyl groups is 3. The minimum Gasteiger partial charge on any atom is -0.508 e. The second kappa shape index (κ2) is 5.63. The minimum absolute atomic E-state index is 0.0315. The maximum atomic E-state index is 9.87. The molecular weight excluding hydrogens is 389 g/mol. The molecule has 3 N–H and O–H groups in total. The number of phenolic OH excluding ortho intramolecular Hbond substituents is 3. The van der Waals surface area contributed by atoms with Crippen LogP contribution in [0.15, 0.2) is 52.9 Å². The first-order valence-corrected chi connectivity index (χ1v) is 8.76. The molecule has 2 aromatic carbocycles. The molecule has 0 bridgehead atoms. The molecule has 0 aliphatic heterocycles. The Kier molecular flexibility index (Phi) is 4.24. The summed E-state index contributed by atoms with van der Waals surface area (Å²) in [7, 11) is -10.7. The molecule has 26 heavy (non-hydrogen) atoms. The molecule has 0 atom stereocenters. The standard InChI is InChI=1S/C15H10O4.F6P/c16-10-3-1-9(2-4-10)14-6-5-12-13(18)7-11(17)8-15(12)19-14;1-7(2,3,4,5)6/h1-8H,(H2-,16,17,18);/q;-1/p+1. The minimum atomic E-state index is -10.7. The molecule has 0 saturated heterocycles. The summed E-state index contributed by atoms with van der Waals surface area (Å²) in [6.07, 6.45) is 0. The molecule has 0 amide bonds. The molecule has 0 aliphatic carbocycles. The molecule has 0 aliphatic rings. The van der Waals surface area contributed by atoms with Crippen LogP contribution in [0.1, 0.15) is 0 Å². The van der Waals surface area contributed by atoms with Crippen molar-refractivity contribution in [1.29, 1.82) is 0 Å². The van der Waals surface area contributed by atoms with E-state index in [2.05, 4.69) is 0 Å². The van der Waals surface area contributed by atoms with Crippen LogP contribution in [0.5, 0.6) is 17.2 Å². The van der Waals surface area contributed by atoms with Gasteiger partial charge in [0.1, 0.15) is 22.6 Å². The summed E-state index contributed by atoms with van der Waals surface area (Å²) in [5.74, 6) is 0.671. The Morgan fingerprint density at radius 1 is 0.692 bits per heavy atom. The van der Waals surface area contributed by atoms with Crippen LogP contribution in [-0.4, -0.2) is 15.3 Å². The Morgan fingerprint density at radius 2 is 1.23 bits per heavy atom. The second-order valence-electron chi connectivity index (χ2n) is 5.18. The zero-order valence-corrected chi connectivity index (χ0v) is 13.5. The molecule has 0 unspecified atom stereocenters. The van der Waals surface area contributed by atoms with Gasteiger partial charge in [-0.25, -0.2) is 4.42 Å². The molecule has 1 heterocycles. The number of hydrogen-bond acceptors (Lipinski definition) is 3. The predicted molar refractivity (Wildman–Crippen MR) is 84.6 cm³/mol. The van der Waals surface area contributed by atoms with Crippen LogP contribution in [0.25, 0.3) is 22.3 Å². The van der Waals surface area contributed by atoms with Gasteiger partial charge in [-0.05, 0) is 30.3 Å². The summed E-state index contributed by atoms with van der Waals surface area (Å²) < 4.78 is 64.8. The molecule has 0 spiro atoms. The summed E-state index contributed by atoms with van der Waals surface area (Å²) in [5, 5.41) is 28.9. The SMILES string of the molecule is F[P-](F)(F)(F)(F)F.Oc1ccc(-c2ccc3c(O)cc(O)cc3[o+]2)cc1. The van der Waals surface area contributed by atoms with Gasteiger partial charge in [0.25, 0.3) is 0 Å². The zero-order chi connectivity index (χ0) is 19.8. The van der Waals surface area contributed by atoms with E-state index >= 15 is 0 Å². The smallest absolute Gasteiger partial charge is 0.368 e. The Morgan fingerprint density at radius 3 is 1.77 bits per heavy atom. The third-order valence-corrected chi connectivity index (χ3v) is 2.88. The topological polar surface area (TPSA) is 72.0 Å². The monoisotopic (exact) mass is 400 g/mol. The summed E-state index contributed by atoms with van der Waals surface area (Å²) >= 11 is 0. The van der Waals surface area contributed by atoms with Crippen molar-refractivity contribution in [1.82, 2.24) is 0 Å². The van der Waals surface area contributed by atoms with Crippen molar-refractivity contribution in [2.75, 3.05) is 0 Å². The molecule has 3 aromatic rings. The fraction of sp³-hybridized carbons (Fsp3) is 0. The van der Waals surface area contributed by atoms with Gasteiger partial charge in [-0.2, -0.15) is 0 Å². The van der Waals surface area contributed by atoms with Crippen LogP contribution < -0.4 is 0 Å². The first-order chi connectivity index (χ1) is 11.6. The van der Waals surface area contributed by atoms with E-state index in [1.165, 1.54) is 12.1 Å². The number of rotatable bonds is 1. The molecule has 0 fully saturated rings. The van der Waals surface area contributed by atoms with Gasteiger partial charge in [-0.15, -0.1) is 0 Å². The van der Waals surface area contributed by atoms with Gasteiger partial charge in [-0.1, -0.05) is 0 Å². The summed E-state index contributed by atoms with van der Waals surface area (Å²) in [4.78, 5) is 0. The van der Waals surface area contributed by atoms with Crippen molar-refractivity contribution >= 4 is 18.8 Å². The van der Waals surface area contributed by atoms with Crippen LogP contribution in [0.3, 0.4) is 0 Å². The van der Waals surface area contributed by atoms with E-state index in [1.807, 2.05) is 0 Å². The number of benzene rings is 2. The first-order valence-electron chi connectivity index (χ1n) is 6.73. The van der Waals surface area contributed by atoms with Gasteiger partial charge in [0.15, 0.2) is 0 Å². The number of halogens is 6. The van der Waals surface area contributed by atoms with Crippen molar-refractivity contribution in [3.8, 4) is 28.6 Å². The number of hydrogen-bond donors (Lipinski definition) is 3. The molecule has 4 nitrogen and oxygen atoms in total. The van der Waals surface area contributed by atoms with Crippen LogP contribution >= 0.6 is 7.81 Å². The van der Waals surface area contributed by atoms with Gasteiger partial charge in [0.05, 0.1) is 11.6 Å². The third kappa shape index (κ3) is 6.64. The molecular formula is C15H11F6O4P. The fourth-order valence-corrected chi connectivity index (χ4v) is 1.94. The van der Waals surface area contributed by atoms with E-state index in [0.717, 1.165) is 5.56 Å². The average molecular weight is 400 g/mol. The van der Waals surface area contributed by atoms with Gasteiger partial charge in [-0.3, -0.25) is 0 Å². The van der Waals surface area contributed by atoms with Crippen molar-refractivity contribution < 1.29 is 44.9 Å². The summed E-state index contributed by atoms with van der Waals surface area (Å²) in [6.45, 7) is 0. The molecule has 3 rings (SSSR count). The normalized spacial score (nSPS) is 14.1. The summed E-state index contributed by atoms with van der Waals surface area (Å²) in [5.41, 5.74) is 1.19. The second-order valence-corrected chi connectivity index (χ2v) is 7.10. The Bertz CT molecular complexity index is 945. The van der Waals surface area contributed by atoms with Crippen molar-refractivity contribution in [3.05, 3.63) is 48.5 Å². The molecule has 0 saturated carbocycles. The first kappa shape index (κ1) is 19.6. The average Bonchev–Trinajstić information content (AvgIpc) is 2.44. The Hall–Kier alpha value is -2.74. The molecule has 0 radical (unpaired) electrons. The van der Waals surface area contributed by atoms with Crippen LogP contribution in [0.2, 0.25) is 0 Å². The Balaban J connectivity index is 0.000000298. The van der Waals surface area contributed by atoms with E-state index in [1.54, 1.807) is 36.4 Å². The van der Waals surface area contributed by atoms with E-state index in [-0.39, 0.29) is 17.2 Å². The van der Waals surface area contributed by atoms with E-state index in [0.29, 0.717) is 16.7 Å². The van der Waals surface area contributed by atoms with Gasteiger partial charge < -0.3 is 15.3 Å². The van der Waals surface area contributed by atoms with Crippen LogP contribution in [0.4, 0.5) is 25.2 Å². The maximum absolute atomic E-state index is 10.7. The van der Waals surface area contributed by atoms with E-state index < -0.39 is 7.81 Å². The quantitative estimate of drug-likeness (QED) is 0.237. The number of fused-ring (bicyclic) bond motifs is 1. The molecule has 11 heteroatoms. The van der Waals surface area contributed by atoms with Gasteiger partial charge in [0.2, 0.25) is 0 Å². The molecule has 1 aromatic heterocycles. The van der Waals surface area contributed by atoms with Gasteiger partial charge >= 0.3 is 44.3 Å². The van der Waals surface area contributed by atoms with Crippen molar-refractivity contribution in [3.63, 3.8) is 0 Å². The fourth-order valence-electron chi connectivity index (χ4n) is 1.94. The summed E-state index contributed by atoms with van der Waals surface area (Å²) in [6, 6.07) is 12.7. The maximum Gasteiger partial charge on any atom is 0.368 e. The molecule has 142 valence electrons. The number of phenols is 3. The predicted octanol–water partition coefficient (Wildman–Crippen LogP) is 6.88. The van der Waals surface area contributed by atoms with Crippen LogP contribution in [-0.2, 0) is 0 Å². The Labute approximate surface area is 141 Å². The van der Waals surface area contributed by atoms with E-state index in [4.69, 9.17) is 4.42 Å². The third-order valence-electron chi connectivity index (χ3n) is 2.88. The van der Waals surface area contributed by atoms with E-state index in [9.17, 15) is 40.5 Å². The van der Waals surface area contributed by atoms with Gasteiger partial charge in [0, 0.05) is 12.1 Å². The van der Waals surface area contributed by atoms with Crippen LogP contribution in [0, 0.1) is 0 Å². The zero-order valence-electron chi connectivity index (χ0n) is 12.6.